The zero-order chi connectivity index (χ0) is 12.5. The van der Waals surface area contributed by atoms with Gasteiger partial charge in [-0.3, -0.25) is 5.10 Å². The Bertz CT molecular complexity index is 532. The highest BCUT2D eigenvalue weighted by atomic mass is 16.5. The molecule has 1 saturated carbocycles. The van der Waals surface area contributed by atoms with E-state index in [2.05, 4.69) is 27.3 Å². The average Bonchev–Trinajstić information content (AvgIpc) is 3.07. The van der Waals surface area contributed by atoms with Gasteiger partial charge in [0.25, 0.3) is 5.89 Å². The Morgan fingerprint density at radius 2 is 2.39 bits per heavy atom. The third-order valence-corrected chi connectivity index (χ3v) is 3.75. The van der Waals surface area contributed by atoms with Gasteiger partial charge in [0.1, 0.15) is 11.5 Å². The minimum absolute atomic E-state index is 0.427. The summed E-state index contributed by atoms with van der Waals surface area (Å²) in [6, 6.07) is 1.70. The van der Waals surface area contributed by atoms with Gasteiger partial charge in [-0.25, -0.2) is 0 Å². The van der Waals surface area contributed by atoms with E-state index in [1.807, 2.05) is 0 Å². The van der Waals surface area contributed by atoms with E-state index in [1.165, 1.54) is 19.3 Å². The molecule has 0 saturated heterocycles. The van der Waals surface area contributed by atoms with Crippen molar-refractivity contribution in [2.75, 3.05) is 5.73 Å². The average molecular weight is 247 g/mol. The first kappa shape index (κ1) is 11.3. The number of anilines is 1. The van der Waals surface area contributed by atoms with Crippen molar-refractivity contribution in [2.24, 2.45) is 5.92 Å². The number of aromatic amines is 1. The summed E-state index contributed by atoms with van der Waals surface area (Å²) in [5.74, 6) is 2.95. The van der Waals surface area contributed by atoms with Gasteiger partial charge < -0.3 is 10.3 Å². The van der Waals surface area contributed by atoms with Crippen LogP contribution in [-0.2, 0) is 0 Å². The number of hydrogen-bond donors (Lipinski definition) is 2. The van der Waals surface area contributed by atoms with Gasteiger partial charge in [-0.1, -0.05) is 18.5 Å². The Hall–Kier alpha value is -1.85. The van der Waals surface area contributed by atoms with Crippen LogP contribution in [0.2, 0.25) is 0 Å². The predicted octanol–water partition coefficient (Wildman–Crippen LogP) is 2.34. The smallest absolute Gasteiger partial charge is 0.276 e. The molecule has 0 bridgehead atoms. The highest BCUT2D eigenvalue weighted by Gasteiger charge is 2.28. The van der Waals surface area contributed by atoms with Crippen LogP contribution in [0.1, 0.15) is 44.3 Å². The van der Waals surface area contributed by atoms with E-state index in [0.29, 0.717) is 23.3 Å². The van der Waals surface area contributed by atoms with Crippen LogP contribution in [0.25, 0.3) is 11.6 Å². The molecule has 2 atom stereocenters. The molecule has 2 aromatic rings. The van der Waals surface area contributed by atoms with Gasteiger partial charge in [-0.15, -0.1) is 0 Å². The monoisotopic (exact) mass is 247 g/mol. The number of nitrogens with one attached hydrogen (secondary N) is 1. The van der Waals surface area contributed by atoms with Crippen molar-refractivity contribution in [2.45, 2.75) is 38.5 Å². The van der Waals surface area contributed by atoms with Gasteiger partial charge in [-0.2, -0.15) is 10.1 Å². The zero-order valence-electron chi connectivity index (χ0n) is 10.4. The quantitative estimate of drug-likeness (QED) is 0.868. The third-order valence-electron chi connectivity index (χ3n) is 3.75. The van der Waals surface area contributed by atoms with Crippen LogP contribution in [-0.4, -0.2) is 20.3 Å². The second-order valence-corrected chi connectivity index (χ2v) is 4.95. The Labute approximate surface area is 105 Å². The molecule has 1 aliphatic carbocycles. The summed E-state index contributed by atoms with van der Waals surface area (Å²) in [5.41, 5.74) is 6.23. The van der Waals surface area contributed by atoms with Gasteiger partial charge in [0.15, 0.2) is 5.82 Å². The summed E-state index contributed by atoms with van der Waals surface area (Å²) < 4.78 is 5.26. The van der Waals surface area contributed by atoms with Crippen molar-refractivity contribution in [1.29, 1.82) is 0 Å². The standard InChI is InChI=1S/C12H17N5O/c1-2-7-3-4-8(5-7)11-14-12(18-17-11)9-6-10(13)16-15-9/h6-8H,2-5H2,1H3,(H3,13,15,16). The van der Waals surface area contributed by atoms with Gasteiger partial charge >= 0.3 is 0 Å². The molecule has 2 unspecified atom stereocenters. The molecule has 6 heteroatoms. The fraction of sp³-hybridized carbons (Fsp3) is 0.583. The molecule has 3 rings (SSSR count). The Morgan fingerprint density at radius 1 is 1.50 bits per heavy atom. The maximum Gasteiger partial charge on any atom is 0.276 e. The van der Waals surface area contributed by atoms with Gasteiger partial charge in [0.05, 0.1) is 0 Å². The second-order valence-electron chi connectivity index (χ2n) is 4.95. The van der Waals surface area contributed by atoms with E-state index in [0.717, 1.165) is 18.2 Å². The summed E-state index contributed by atoms with van der Waals surface area (Å²) >= 11 is 0. The van der Waals surface area contributed by atoms with E-state index in [-0.39, 0.29) is 0 Å². The lowest BCUT2D eigenvalue weighted by atomic mass is 10.0. The number of aromatic nitrogens is 4. The van der Waals surface area contributed by atoms with Crippen molar-refractivity contribution in [3.05, 3.63) is 11.9 Å². The molecule has 96 valence electrons. The molecule has 18 heavy (non-hydrogen) atoms. The third kappa shape index (κ3) is 1.98. The largest absolute Gasteiger partial charge is 0.382 e. The summed E-state index contributed by atoms with van der Waals surface area (Å²) in [5, 5.41) is 10.7. The molecule has 1 aliphatic rings. The highest BCUT2D eigenvalue weighted by Crippen LogP contribution is 2.38. The Morgan fingerprint density at radius 3 is 3.06 bits per heavy atom. The Kier molecular flexibility index (Phi) is 2.77. The molecule has 2 aromatic heterocycles. The normalized spacial score (nSPS) is 23.6. The lowest BCUT2D eigenvalue weighted by molar-refractivity contribution is 0.412. The van der Waals surface area contributed by atoms with Crippen LogP contribution < -0.4 is 5.73 Å². The second kappa shape index (κ2) is 4.44. The summed E-state index contributed by atoms with van der Waals surface area (Å²) in [6.45, 7) is 2.24. The van der Waals surface area contributed by atoms with E-state index in [9.17, 15) is 0 Å². The number of nitrogen functional groups attached to an aromatic ring is 1. The lowest BCUT2D eigenvalue weighted by Gasteiger charge is -2.04. The fourth-order valence-electron chi connectivity index (χ4n) is 2.64. The van der Waals surface area contributed by atoms with Crippen molar-refractivity contribution >= 4 is 5.82 Å². The van der Waals surface area contributed by atoms with Crippen LogP contribution in [0, 0.1) is 5.92 Å². The molecule has 0 amide bonds. The molecule has 0 radical (unpaired) electrons. The maximum atomic E-state index is 5.55. The van der Waals surface area contributed by atoms with E-state index >= 15 is 0 Å². The summed E-state index contributed by atoms with van der Waals surface area (Å²) in [6.07, 6.45) is 4.82. The maximum absolute atomic E-state index is 5.55. The van der Waals surface area contributed by atoms with E-state index < -0.39 is 0 Å². The Balaban J connectivity index is 1.78. The molecule has 0 spiro atoms. The minimum atomic E-state index is 0.427. The van der Waals surface area contributed by atoms with Crippen molar-refractivity contribution in [3.8, 4) is 11.6 Å². The van der Waals surface area contributed by atoms with Crippen molar-refractivity contribution < 1.29 is 4.52 Å². The van der Waals surface area contributed by atoms with Crippen LogP contribution in [0.5, 0.6) is 0 Å². The highest BCUT2D eigenvalue weighted by molar-refractivity contribution is 5.51. The van der Waals surface area contributed by atoms with Crippen LogP contribution >= 0.6 is 0 Å². The number of nitrogens with zero attached hydrogens (tertiary/aromatic N) is 3. The zero-order valence-corrected chi connectivity index (χ0v) is 10.4. The van der Waals surface area contributed by atoms with Gasteiger partial charge in [-0.05, 0) is 25.2 Å². The van der Waals surface area contributed by atoms with Crippen LogP contribution in [0.3, 0.4) is 0 Å². The molecule has 0 aromatic carbocycles. The van der Waals surface area contributed by atoms with Crippen molar-refractivity contribution in [3.63, 3.8) is 0 Å². The van der Waals surface area contributed by atoms with Crippen LogP contribution in [0.15, 0.2) is 10.6 Å². The molecule has 0 aliphatic heterocycles. The summed E-state index contributed by atoms with van der Waals surface area (Å²) in [4.78, 5) is 4.44. The number of hydrogen-bond acceptors (Lipinski definition) is 5. The first-order valence-electron chi connectivity index (χ1n) is 6.41. The molecule has 3 N–H and O–H groups in total. The molecular formula is C12H17N5O. The molecule has 1 fully saturated rings. The lowest BCUT2D eigenvalue weighted by Crippen LogP contribution is -1.97. The first-order chi connectivity index (χ1) is 8.76. The SMILES string of the molecule is CCC1CCC(c2noc(-c3cc(N)n[nH]3)n2)C1. The predicted molar refractivity (Wildman–Crippen MR) is 66.7 cm³/mol. The fourth-order valence-corrected chi connectivity index (χ4v) is 2.64. The van der Waals surface area contributed by atoms with Gasteiger partial charge in [0.2, 0.25) is 0 Å². The number of rotatable bonds is 3. The number of H-pyrrole nitrogens is 1. The van der Waals surface area contributed by atoms with Crippen molar-refractivity contribution in [1.82, 2.24) is 20.3 Å². The van der Waals surface area contributed by atoms with Gasteiger partial charge in [0, 0.05) is 12.0 Å². The summed E-state index contributed by atoms with van der Waals surface area (Å²) in [7, 11) is 0. The molecule has 6 nitrogen and oxygen atoms in total. The molecular weight excluding hydrogens is 230 g/mol. The minimum Gasteiger partial charge on any atom is -0.382 e. The number of nitrogens with two attached hydrogens (primary N) is 1. The topological polar surface area (TPSA) is 93.6 Å². The molecule has 2 heterocycles. The van der Waals surface area contributed by atoms with Crippen LogP contribution in [0.4, 0.5) is 5.82 Å². The van der Waals surface area contributed by atoms with E-state index in [4.69, 9.17) is 10.3 Å². The first-order valence-corrected chi connectivity index (χ1v) is 6.41. The van der Waals surface area contributed by atoms with E-state index in [1.54, 1.807) is 6.07 Å².